The Bertz CT molecular complexity index is 610. The van der Waals surface area contributed by atoms with Crippen molar-refractivity contribution in [2.45, 2.75) is 39.5 Å². The van der Waals surface area contributed by atoms with Gasteiger partial charge in [0.25, 0.3) is 0 Å². The van der Waals surface area contributed by atoms with Crippen LogP contribution in [0.15, 0.2) is 30.6 Å². The molecule has 1 aromatic heterocycles. The number of aliphatic hydroxyl groups excluding tert-OH is 1. The fraction of sp³-hybridized carbons (Fsp3) is 0.471. The number of aryl methyl sites for hydroxylation is 2. The molecule has 0 aliphatic rings. The van der Waals surface area contributed by atoms with Gasteiger partial charge in [-0.3, -0.25) is 4.68 Å². The van der Waals surface area contributed by atoms with Crippen molar-refractivity contribution in [2.24, 2.45) is 0 Å². The zero-order valence-electron chi connectivity index (χ0n) is 13.7. The van der Waals surface area contributed by atoms with Crippen LogP contribution in [0.3, 0.4) is 0 Å². The number of benzene rings is 1. The molecule has 0 radical (unpaired) electrons. The number of methoxy groups -OCH3 is 1. The number of hydrogen-bond donors (Lipinski definition) is 2. The van der Waals surface area contributed by atoms with Crippen molar-refractivity contribution in [1.82, 2.24) is 15.1 Å². The van der Waals surface area contributed by atoms with Crippen molar-refractivity contribution in [3.8, 4) is 5.75 Å². The quantitative estimate of drug-likeness (QED) is 0.823. The number of nitrogens with one attached hydrogen (secondary N) is 1. The summed E-state index contributed by atoms with van der Waals surface area (Å²) in [5, 5.41) is 18.0. The normalized spacial score (nSPS) is 13.9. The lowest BCUT2D eigenvalue weighted by molar-refractivity contribution is 0.165. The van der Waals surface area contributed by atoms with Crippen LogP contribution in [-0.2, 0) is 6.54 Å². The molecule has 2 N–H and O–H groups in total. The molecule has 0 spiro atoms. The maximum atomic E-state index is 10.4. The summed E-state index contributed by atoms with van der Waals surface area (Å²) >= 11 is 0. The molecule has 1 aromatic carbocycles. The van der Waals surface area contributed by atoms with Crippen LogP contribution in [0.25, 0.3) is 0 Å². The van der Waals surface area contributed by atoms with E-state index in [4.69, 9.17) is 4.74 Å². The van der Waals surface area contributed by atoms with Gasteiger partial charge in [0, 0.05) is 24.3 Å². The molecule has 0 saturated carbocycles. The molecule has 1 heterocycles. The van der Waals surface area contributed by atoms with Crippen molar-refractivity contribution in [2.75, 3.05) is 13.7 Å². The first-order chi connectivity index (χ1) is 10.5. The third-order valence-electron chi connectivity index (χ3n) is 3.63. The van der Waals surface area contributed by atoms with E-state index in [0.717, 1.165) is 29.0 Å². The van der Waals surface area contributed by atoms with Gasteiger partial charge >= 0.3 is 0 Å². The van der Waals surface area contributed by atoms with E-state index in [-0.39, 0.29) is 6.04 Å². The van der Waals surface area contributed by atoms with Crippen LogP contribution >= 0.6 is 0 Å². The van der Waals surface area contributed by atoms with Gasteiger partial charge in [-0.25, -0.2) is 0 Å². The molecule has 2 atom stereocenters. The van der Waals surface area contributed by atoms with E-state index in [1.165, 1.54) is 0 Å². The molecule has 0 fully saturated rings. The Balaban J connectivity index is 1.92. The summed E-state index contributed by atoms with van der Waals surface area (Å²) in [5.74, 6) is 0.718. The summed E-state index contributed by atoms with van der Waals surface area (Å²) in [5.41, 5.74) is 3.07. The molecule has 5 nitrogen and oxygen atoms in total. The number of aromatic nitrogens is 2. The second-order valence-corrected chi connectivity index (χ2v) is 5.81. The van der Waals surface area contributed by atoms with Crippen LogP contribution in [-0.4, -0.2) is 34.6 Å². The van der Waals surface area contributed by atoms with Gasteiger partial charge in [-0.1, -0.05) is 11.6 Å². The zero-order chi connectivity index (χ0) is 16.1. The zero-order valence-corrected chi connectivity index (χ0v) is 13.7. The molecule has 0 aliphatic carbocycles. The van der Waals surface area contributed by atoms with E-state index < -0.39 is 6.10 Å². The SMILES string of the molecule is COc1ccc(C)cc1C(O)CNC(C)Cn1cc(C)cn1. The third-order valence-corrected chi connectivity index (χ3v) is 3.63. The third kappa shape index (κ3) is 4.32. The van der Waals surface area contributed by atoms with Crippen LogP contribution in [0.4, 0.5) is 0 Å². The van der Waals surface area contributed by atoms with Gasteiger partial charge < -0.3 is 15.2 Å². The summed E-state index contributed by atoms with van der Waals surface area (Å²) in [4.78, 5) is 0. The smallest absolute Gasteiger partial charge is 0.124 e. The Morgan fingerprint density at radius 3 is 2.73 bits per heavy atom. The highest BCUT2D eigenvalue weighted by molar-refractivity contribution is 5.38. The molecule has 5 heteroatoms. The van der Waals surface area contributed by atoms with Crippen molar-refractivity contribution in [3.63, 3.8) is 0 Å². The number of hydrogen-bond acceptors (Lipinski definition) is 4. The molecular formula is C17H25N3O2. The number of rotatable bonds is 7. The summed E-state index contributed by atoms with van der Waals surface area (Å²) in [6.07, 6.45) is 3.26. The maximum Gasteiger partial charge on any atom is 0.124 e. The van der Waals surface area contributed by atoms with Gasteiger partial charge in [0.2, 0.25) is 0 Å². The number of ether oxygens (including phenoxy) is 1. The van der Waals surface area contributed by atoms with Crippen LogP contribution < -0.4 is 10.1 Å². The molecule has 2 unspecified atom stereocenters. The Morgan fingerprint density at radius 1 is 1.32 bits per heavy atom. The Kier molecular flexibility index (Phi) is 5.57. The first kappa shape index (κ1) is 16.5. The van der Waals surface area contributed by atoms with Crippen molar-refractivity contribution < 1.29 is 9.84 Å². The first-order valence-corrected chi connectivity index (χ1v) is 7.54. The standard InChI is InChI=1S/C17H25N3O2/c1-12-5-6-17(22-4)15(7-12)16(21)9-18-14(3)11-20-10-13(2)8-19-20/h5-8,10,14,16,18,21H,9,11H2,1-4H3. The molecule has 22 heavy (non-hydrogen) atoms. The van der Waals surface area contributed by atoms with Crippen LogP contribution in [0, 0.1) is 13.8 Å². The van der Waals surface area contributed by atoms with Crippen molar-refractivity contribution in [3.05, 3.63) is 47.3 Å². The van der Waals surface area contributed by atoms with E-state index in [0.29, 0.717) is 6.54 Å². The minimum atomic E-state index is -0.600. The van der Waals surface area contributed by atoms with Crippen molar-refractivity contribution >= 4 is 0 Å². The predicted octanol–water partition coefficient (Wildman–Crippen LogP) is 2.22. The molecule has 2 aromatic rings. The highest BCUT2D eigenvalue weighted by atomic mass is 16.5. The molecule has 0 bridgehead atoms. The number of aliphatic hydroxyl groups is 1. The van der Waals surface area contributed by atoms with Gasteiger partial charge in [0.15, 0.2) is 0 Å². The summed E-state index contributed by atoms with van der Waals surface area (Å²) in [6.45, 7) is 7.35. The lowest BCUT2D eigenvalue weighted by Crippen LogP contribution is -2.34. The fourth-order valence-corrected chi connectivity index (χ4v) is 2.45. The second-order valence-electron chi connectivity index (χ2n) is 5.81. The van der Waals surface area contributed by atoms with Crippen molar-refractivity contribution in [1.29, 1.82) is 0 Å². The molecular weight excluding hydrogens is 278 g/mol. The molecule has 120 valence electrons. The monoisotopic (exact) mass is 303 g/mol. The van der Waals surface area contributed by atoms with Crippen LogP contribution in [0.5, 0.6) is 5.75 Å². The van der Waals surface area contributed by atoms with E-state index >= 15 is 0 Å². The maximum absolute atomic E-state index is 10.4. The summed E-state index contributed by atoms with van der Waals surface area (Å²) < 4.78 is 7.23. The van der Waals surface area contributed by atoms with Gasteiger partial charge in [0.1, 0.15) is 5.75 Å². The summed E-state index contributed by atoms with van der Waals surface area (Å²) in [6, 6.07) is 6.05. The molecule has 0 saturated heterocycles. The van der Waals surface area contributed by atoms with Gasteiger partial charge in [-0.05, 0) is 38.5 Å². The lowest BCUT2D eigenvalue weighted by atomic mass is 10.0. The Labute approximate surface area is 131 Å². The number of nitrogens with zero attached hydrogens (tertiary/aromatic N) is 2. The highest BCUT2D eigenvalue weighted by Crippen LogP contribution is 2.25. The predicted molar refractivity (Wildman–Crippen MR) is 87.1 cm³/mol. The average Bonchev–Trinajstić information content (AvgIpc) is 2.89. The first-order valence-electron chi connectivity index (χ1n) is 7.54. The highest BCUT2D eigenvalue weighted by Gasteiger charge is 2.14. The van der Waals surface area contributed by atoms with Gasteiger partial charge in [-0.15, -0.1) is 0 Å². The topological polar surface area (TPSA) is 59.3 Å². The average molecular weight is 303 g/mol. The van der Waals surface area contributed by atoms with Crippen LogP contribution in [0.1, 0.15) is 29.7 Å². The van der Waals surface area contributed by atoms with Gasteiger partial charge in [0.05, 0.1) is 26.0 Å². The van der Waals surface area contributed by atoms with E-state index in [1.54, 1.807) is 7.11 Å². The molecule has 2 rings (SSSR count). The van der Waals surface area contributed by atoms with E-state index in [9.17, 15) is 5.11 Å². The molecule has 0 amide bonds. The Hall–Kier alpha value is -1.85. The van der Waals surface area contributed by atoms with E-state index in [2.05, 4.69) is 17.3 Å². The van der Waals surface area contributed by atoms with Crippen LogP contribution in [0.2, 0.25) is 0 Å². The summed E-state index contributed by atoms with van der Waals surface area (Å²) in [7, 11) is 1.62. The van der Waals surface area contributed by atoms with E-state index in [1.807, 2.05) is 49.1 Å². The minimum Gasteiger partial charge on any atom is -0.496 e. The minimum absolute atomic E-state index is 0.213. The second kappa shape index (κ2) is 7.42. The largest absolute Gasteiger partial charge is 0.496 e. The molecule has 0 aliphatic heterocycles. The fourth-order valence-electron chi connectivity index (χ4n) is 2.45. The lowest BCUT2D eigenvalue weighted by Gasteiger charge is -2.19. The van der Waals surface area contributed by atoms with Gasteiger partial charge in [-0.2, -0.15) is 5.10 Å². The Morgan fingerprint density at radius 2 is 2.09 bits per heavy atom.